The molecule has 0 aromatic heterocycles. The van der Waals surface area contributed by atoms with E-state index >= 15 is 0 Å². The van der Waals surface area contributed by atoms with Gasteiger partial charge in [-0.25, -0.2) is 8.42 Å². The summed E-state index contributed by atoms with van der Waals surface area (Å²) in [7, 11) is -2.59. The molecule has 0 spiro atoms. The first-order valence-electron chi connectivity index (χ1n) is 6.15. The number of hydrogen-bond acceptors (Lipinski definition) is 5. The molecular weight excluding hydrogens is 410 g/mol. The highest BCUT2D eigenvalue weighted by atomic mass is 35.5. The summed E-state index contributed by atoms with van der Waals surface area (Å²) in [6.07, 6.45) is 0. The highest BCUT2D eigenvalue weighted by Gasteiger charge is 2.59. The minimum atomic E-state index is -3.93. The van der Waals surface area contributed by atoms with Crippen LogP contribution in [0.25, 0.3) is 0 Å². The summed E-state index contributed by atoms with van der Waals surface area (Å²) in [4.78, 5) is 11.1. The Labute approximate surface area is 153 Å². The maximum Gasteiger partial charge on any atom is 0.294 e. The van der Waals surface area contributed by atoms with Gasteiger partial charge in [0.25, 0.3) is 5.91 Å². The Morgan fingerprint density at radius 1 is 1.26 bits per heavy atom. The van der Waals surface area contributed by atoms with Crippen LogP contribution in [0.2, 0.25) is 0 Å². The van der Waals surface area contributed by atoms with Crippen molar-refractivity contribution in [2.24, 2.45) is 0 Å². The molecule has 1 saturated heterocycles. The fourth-order valence-corrected chi connectivity index (χ4v) is 3.93. The predicted octanol–water partition coefficient (Wildman–Crippen LogP) is 1.82. The van der Waals surface area contributed by atoms with Crippen LogP contribution in [0.5, 0.6) is 0 Å². The minimum Gasteiger partial charge on any atom is -0.268 e. The Morgan fingerprint density at radius 2 is 1.83 bits per heavy atom. The number of hydrazine groups is 3. The molecule has 7 nitrogen and oxygen atoms in total. The van der Waals surface area contributed by atoms with Crippen molar-refractivity contribution in [2.45, 2.75) is 15.6 Å². The lowest BCUT2D eigenvalue weighted by atomic mass is 10.2. The average molecular weight is 422 g/mol. The number of nitrogens with one attached hydrogen (secondary N) is 1. The number of carbonyl (C=O) groups excluding carboxylic acids is 1. The van der Waals surface area contributed by atoms with E-state index in [2.05, 4.69) is 4.83 Å². The molecule has 0 saturated carbocycles. The number of benzene rings is 1. The van der Waals surface area contributed by atoms with Gasteiger partial charge in [-0.2, -0.15) is 10.1 Å². The number of sulfonamides is 1. The van der Waals surface area contributed by atoms with Gasteiger partial charge < -0.3 is 0 Å². The first-order valence-corrected chi connectivity index (χ1v) is 9.39. The van der Waals surface area contributed by atoms with Crippen LogP contribution in [0.3, 0.4) is 0 Å². The topological polar surface area (TPSA) is 73.0 Å². The number of carbonyl (C=O) groups is 1. The van der Waals surface area contributed by atoms with Gasteiger partial charge in [0, 0.05) is 18.8 Å². The molecule has 0 radical (unpaired) electrons. The summed E-state index contributed by atoms with van der Waals surface area (Å²) in [5.74, 6) is -1.28. The lowest BCUT2D eigenvalue weighted by molar-refractivity contribution is -0.138. The van der Waals surface area contributed by atoms with E-state index in [1.165, 1.54) is 7.05 Å². The van der Waals surface area contributed by atoms with E-state index in [1.54, 1.807) is 30.3 Å². The predicted molar refractivity (Wildman–Crippen MR) is 88.6 cm³/mol. The molecule has 0 aliphatic carbocycles. The Hall–Kier alpha value is -0.320. The van der Waals surface area contributed by atoms with Crippen molar-refractivity contribution in [1.82, 2.24) is 19.6 Å². The smallest absolute Gasteiger partial charge is 0.268 e. The molecule has 1 fully saturated rings. The summed E-state index contributed by atoms with van der Waals surface area (Å²) < 4.78 is 25.1. The van der Waals surface area contributed by atoms with Crippen molar-refractivity contribution in [3.63, 3.8) is 0 Å². The Bertz CT molecular complexity index is 690. The molecule has 1 heterocycles. The number of amides is 1. The fourth-order valence-electron chi connectivity index (χ4n) is 1.88. The van der Waals surface area contributed by atoms with Crippen molar-refractivity contribution in [3.8, 4) is 0 Å². The van der Waals surface area contributed by atoms with Crippen LogP contribution in [0, 0.1) is 0 Å². The van der Waals surface area contributed by atoms with Gasteiger partial charge >= 0.3 is 0 Å². The molecule has 12 heteroatoms. The van der Waals surface area contributed by atoms with Crippen LogP contribution >= 0.6 is 46.6 Å². The van der Waals surface area contributed by atoms with E-state index < -0.39 is 25.8 Å². The molecule has 1 atom stereocenters. The van der Waals surface area contributed by atoms with Crippen molar-refractivity contribution in [3.05, 3.63) is 35.9 Å². The first kappa shape index (κ1) is 19.0. The second kappa shape index (κ2) is 6.89. The van der Waals surface area contributed by atoms with E-state index in [1.807, 2.05) is 0 Å². The van der Waals surface area contributed by atoms with Crippen molar-refractivity contribution < 1.29 is 13.2 Å². The van der Waals surface area contributed by atoms with Gasteiger partial charge in [0.15, 0.2) is 4.84 Å². The third kappa shape index (κ3) is 3.69. The Morgan fingerprint density at radius 3 is 2.30 bits per heavy atom. The van der Waals surface area contributed by atoms with Crippen LogP contribution < -0.4 is 4.83 Å². The quantitative estimate of drug-likeness (QED) is 0.446. The van der Waals surface area contributed by atoms with E-state index in [0.29, 0.717) is 15.3 Å². The van der Waals surface area contributed by atoms with Crippen LogP contribution in [-0.2, 0) is 20.6 Å². The molecule has 1 N–H and O–H groups in total. The van der Waals surface area contributed by atoms with Gasteiger partial charge in [0.05, 0.1) is 5.75 Å². The Kier molecular flexibility index (Phi) is 5.70. The fraction of sp³-hybridized carbons (Fsp3) is 0.364. The normalized spacial score (nSPS) is 23.9. The van der Waals surface area contributed by atoms with Gasteiger partial charge in [-0.15, -0.1) is 28.0 Å². The maximum absolute atomic E-state index is 12.4. The van der Waals surface area contributed by atoms with Crippen LogP contribution in [0.4, 0.5) is 0 Å². The number of rotatable bonds is 5. The summed E-state index contributed by atoms with van der Waals surface area (Å²) in [5, 5.41) is 1.54. The number of nitrogens with zero attached hydrogens (tertiary/aromatic N) is 3. The molecular formula is C11H12Cl4N4O3S. The molecule has 1 aromatic carbocycles. The third-order valence-corrected chi connectivity index (χ3v) is 6.11. The standard InChI is InChI=1S/C11H12Cl4N4O3S/c1-17-11(14,9(12)13)10(20)18(19(17)15)16-23(21,22)7-8-5-3-2-4-6-8/h2-6,9,16H,7H2,1H3. The van der Waals surface area contributed by atoms with Gasteiger partial charge in [-0.05, 0) is 10.2 Å². The van der Waals surface area contributed by atoms with Crippen molar-refractivity contribution >= 4 is 62.5 Å². The van der Waals surface area contributed by atoms with E-state index in [-0.39, 0.29) is 5.75 Å². The minimum absolute atomic E-state index is 0.355. The SMILES string of the molecule is CN1N(Cl)N(NS(=O)(=O)Cc2ccccc2)C(=O)C1(Cl)C(Cl)Cl. The van der Waals surface area contributed by atoms with Crippen LogP contribution in [0.15, 0.2) is 30.3 Å². The summed E-state index contributed by atoms with van der Waals surface area (Å²) in [6, 6.07) is 8.42. The van der Waals surface area contributed by atoms with Crippen LogP contribution in [0.1, 0.15) is 5.56 Å². The third-order valence-electron chi connectivity index (χ3n) is 3.09. The number of alkyl halides is 3. The average Bonchev–Trinajstić information content (AvgIpc) is 2.64. The van der Waals surface area contributed by atoms with E-state index in [9.17, 15) is 13.2 Å². The molecule has 0 bridgehead atoms. The summed E-state index contributed by atoms with van der Waals surface area (Å²) in [6.45, 7) is 0. The zero-order chi connectivity index (χ0) is 17.4. The summed E-state index contributed by atoms with van der Waals surface area (Å²) >= 11 is 23.4. The lowest BCUT2D eigenvalue weighted by Crippen LogP contribution is -2.50. The van der Waals surface area contributed by atoms with Gasteiger partial charge in [0.2, 0.25) is 15.0 Å². The largest absolute Gasteiger partial charge is 0.294 e. The molecule has 23 heavy (non-hydrogen) atoms. The van der Waals surface area contributed by atoms with Crippen molar-refractivity contribution in [1.29, 1.82) is 0 Å². The van der Waals surface area contributed by atoms with Gasteiger partial charge in [-0.1, -0.05) is 41.9 Å². The lowest BCUT2D eigenvalue weighted by Gasteiger charge is -2.27. The first-order chi connectivity index (χ1) is 10.6. The molecule has 1 amide bonds. The van der Waals surface area contributed by atoms with Crippen LogP contribution in [-0.4, -0.2) is 46.0 Å². The Balaban J connectivity index is 2.21. The second-order valence-corrected chi connectivity index (χ2v) is 8.37. The van der Waals surface area contributed by atoms with E-state index in [4.69, 9.17) is 46.6 Å². The molecule has 1 aliphatic heterocycles. The number of likely N-dealkylation sites (N-methyl/N-ethyl adjacent to an activating group) is 1. The zero-order valence-electron chi connectivity index (χ0n) is 11.7. The van der Waals surface area contributed by atoms with Gasteiger partial charge in [-0.3, -0.25) is 4.79 Å². The van der Waals surface area contributed by atoms with E-state index in [0.717, 1.165) is 5.01 Å². The second-order valence-electron chi connectivity index (χ2n) is 4.69. The molecule has 128 valence electrons. The summed E-state index contributed by atoms with van der Waals surface area (Å²) in [5.41, 5.74) is 0.533. The maximum atomic E-state index is 12.4. The number of halogens is 4. The monoisotopic (exact) mass is 420 g/mol. The van der Waals surface area contributed by atoms with Gasteiger partial charge in [0.1, 0.15) is 0 Å². The number of hydrogen-bond donors (Lipinski definition) is 1. The highest BCUT2D eigenvalue weighted by Crippen LogP contribution is 2.39. The molecule has 1 aromatic rings. The van der Waals surface area contributed by atoms with Crippen molar-refractivity contribution in [2.75, 3.05) is 7.05 Å². The zero-order valence-corrected chi connectivity index (χ0v) is 15.5. The molecule has 1 aliphatic rings. The molecule has 2 rings (SSSR count). The highest BCUT2D eigenvalue weighted by molar-refractivity contribution is 7.88. The molecule has 1 unspecified atom stereocenters.